The molecule has 5 rings (SSSR count). The molecule has 1 aliphatic rings. The number of hydrazone groups is 1. The average Bonchev–Trinajstić information content (AvgIpc) is 3.29. The Morgan fingerprint density at radius 1 is 0.926 bits per heavy atom. The van der Waals surface area contributed by atoms with Crippen LogP contribution in [0.25, 0.3) is 21.8 Å². The molecule has 0 amide bonds. The number of benzene rings is 3. The van der Waals surface area contributed by atoms with Crippen molar-refractivity contribution >= 4 is 27.5 Å². The molecular weight excluding hydrogens is 344 g/mol. The van der Waals surface area contributed by atoms with Gasteiger partial charge in [0.25, 0.3) is 0 Å². The Morgan fingerprint density at radius 2 is 1.74 bits per heavy atom. The first-order chi connectivity index (χ1) is 13.1. The molecule has 2 heterocycles. The Morgan fingerprint density at radius 3 is 2.59 bits per heavy atom. The molecule has 27 heavy (non-hydrogen) atoms. The van der Waals surface area contributed by atoms with Gasteiger partial charge in [-0.15, -0.1) is 0 Å². The maximum atomic E-state index is 13.5. The zero-order chi connectivity index (χ0) is 18.5. The van der Waals surface area contributed by atoms with Gasteiger partial charge in [0.15, 0.2) is 11.6 Å². The van der Waals surface area contributed by atoms with Gasteiger partial charge in [0, 0.05) is 40.8 Å². The Bertz CT molecular complexity index is 1220. The lowest BCUT2D eigenvalue weighted by molar-refractivity contribution is 0.508. The van der Waals surface area contributed by atoms with Crippen molar-refractivity contribution in [3.63, 3.8) is 0 Å². The molecule has 0 aliphatic carbocycles. The van der Waals surface area contributed by atoms with Gasteiger partial charge in [-0.25, -0.2) is 8.78 Å². The number of nitrogens with one attached hydrogen (secondary N) is 1. The van der Waals surface area contributed by atoms with Crippen LogP contribution < -0.4 is 5.43 Å². The molecule has 0 saturated carbocycles. The third kappa shape index (κ3) is 2.50. The second-order valence-corrected chi connectivity index (χ2v) is 6.93. The molecule has 0 bridgehead atoms. The minimum Gasteiger partial charge on any atom is -0.344 e. The SMILES string of the molecule is Cn1c2ccccc2c2cc(C3CC(c4ccc(F)c(F)c4)=NN3)ccc21. The van der Waals surface area contributed by atoms with Gasteiger partial charge in [0.2, 0.25) is 0 Å². The van der Waals surface area contributed by atoms with E-state index >= 15 is 0 Å². The highest BCUT2D eigenvalue weighted by Gasteiger charge is 2.23. The molecule has 4 aromatic rings. The second-order valence-electron chi connectivity index (χ2n) is 6.93. The molecule has 1 aliphatic heterocycles. The van der Waals surface area contributed by atoms with Gasteiger partial charge < -0.3 is 9.99 Å². The van der Waals surface area contributed by atoms with Crippen molar-refractivity contribution in [2.24, 2.45) is 12.1 Å². The number of rotatable bonds is 2. The summed E-state index contributed by atoms with van der Waals surface area (Å²) in [4.78, 5) is 0. The van der Waals surface area contributed by atoms with Crippen LogP contribution >= 0.6 is 0 Å². The lowest BCUT2D eigenvalue weighted by Gasteiger charge is -2.11. The fourth-order valence-corrected chi connectivity index (χ4v) is 3.89. The first-order valence-corrected chi connectivity index (χ1v) is 8.86. The molecule has 3 nitrogen and oxygen atoms in total. The van der Waals surface area contributed by atoms with E-state index in [4.69, 9.17) is 0 Å². The predicted octanol–water partition coefficient (Wildman–Crippen LogP) is 5.05. The Hall–Kier alpha value is -3.21. The summed E-state index contributed by atoms with van der Waals surface area (Å²) in [5.41, 5.74) is 7.98. The van der Waals surface area contributed by atoms with Crippen LogP contribution in [0, 0.1) is 11.6 Å². The van der Waals surface area contributed by atoms with Crippen LogP contribution in [0.15, 0.2) is 65.8 Å². The van der Waals surface area contributed by atoms with Gasteiger partial charge >= 0.3 is 0 Å². The molecule has 5 heteroatoms. The van der Waals surface area contributed by atoms with E-state index in [1.807, 2.05) is 12.1 Å². The first-order valence-electron chi connectivity index (χ1n) is 8.86. The van der Waals surface area contributed by atoms with Crippen LogP contribution in [0.5, 0.6) is 0 Å². The number of fused-ring (bicyclic) bond motifs is 3. The van der Waals surface area contributed by atoms with Gasteiger partial charge in [-0.2, -0.15) is 5.10 Å². The van der Waals surface area contributed by atoms with Crippen molar-refractivity contribution < 1.29 is 8.78 Å². The smallest absolute Gasteiger partial charge is 0.159 e. The second kappa shape index (κ2) is 5.91. The number of aromatic nitrogens is 1. The Labute approximate surface area is 154 Å². The summed E-state index contributed by atoms with van der Waals surface area (Å²) in [5.74, 6) is -1.70. The maximum absolute atomic E-state index is 13.5. The summed E-state index contributed by atoms with van der Waals surface area (Å²) in [6.07, 6.45) is 0.626. The molecule has 1 N–H and O–H groups in total. The lowest BCUT2D eigenvalue weighted by Crippen LogP contribution is -2.09. The number of hydrogen-bond acceptors (Lipinski definition) is 2. The van der Waals surface area contributed by atoms with Crippen molar-refractivity contribution in [3.8, 4) is 0 Å². The van der Waals surface area contributed by atoms with E-state index in [1.54, 1.807) is 6.07 Å². The van der Waals surface area contributed by atoms with E-state index in [2.05, 4.69) is 52.5 Å². The molecule has 1 aromatic heterocycles. The third-order valence-electron chi connectivity index (χ3n) is 5.35. The minimum absolute atomic E-state index is 0.0106. The van der Waals surface area contributed by atoms with Crippen molar-refractivity contribution in [1.82, 2.24) is 9.99 Å². The highest BCUT2D eigenvalue weighted by Crippen LogP contribution is 2.32. The lowest BCUT2D eigenvalue weighted by atomic mass is 9.97. The van der Waals surface area contributed by atoms with Crippen molar-refractivity contribution in [2.45, 2.75) is 12.5 Å². The quantitative estimate of drug-likeness (QED) is 0.532. The summed E-state index contributed by atoms with van der Waals surface area (Å²) in [5, 5.41) is 6.78. The minimum atomic E-state index is -0.851. The third-order valence-corrected chi connectivity index (χ3v) is 5.35. The van der Waals surface area contributed by atoms with Crippen LogP contribution in [0.1, 0.15) is 23.6 Å². The molecule has 0 saturated heterocycles. The highest BCUT2D eigenvalue weighted by atomic mass is 19.2. The van der Waals surface area contributed by atoms with Gasteiger partial charge in [-0.3, -0.25) is 0 Å². The Balaban J connectivity index is 1.50. The molecule has 134 valence electrons. The van der Waals surface area contributed by atoms with E-state index in [0.717, 1.165) is 17.3 Å². The molecule has 0 spiro atoms. The van der Waals surface area contributed by atoms with Gasteiger partial charge in [-0.1, -0.05) is 24.3 Å². The largest absolute Gasteiger partial charge is 0.344 e. The van der Waals surface area contributed by atoms with Crippen molar-refractivity contribution in [1.29, 1.82) is 0 Å². The number of halogens is 2. The van der Waals surface area contributed by atoms with Gasteiger partial charge in [-0.05, 0) is 42.0 Å². The van der Waals surface area contributed by atoms with E-state index in [0.29, 0.717) is 12.0 Å². The van der Waals surface area contributed by atoms with E-state index < -0.39 is 11.6 Å². The van der Waals surface area contributed by atoms with Crippen LogP contribution in [0.4, 0.5) is 8.78 Å². The molecular formula is C22H17F2N3. The molecule has 3 aromatic carbocycles. The topological polar surface area (TPSA) is 29.3 Å². The number of hydrogen-bond donors (Lipinski definition) is 1. The molecule has 1 atom stereocenters. The zero-order valence-corrected chi connectivity index (χ0v) is 14.7. The van der Waals surface area contributed by atoms with Crippen molar-refractivity contribution in [2.75, 3.05) is 0 Å². The standard InChI is InChI=1S/C22H17F2N3/c1-27-21-5-3-2-4-15(21)16-10-13(7-9-22(16)27)19-12-20(26-25-19)14-6-8-17(23)18(24)11-14/h2-11,19,25H,12H2,1H3. The molecule has 0 fully saturated rings. The summed E-state index contributed by atoms with van der Waals surface area (Å²) in [6, 6.07) is 18.7. The summed E-state index contributed by atoms with van der Waals surface area (Å²) < 4.78 is 28.9. The highest BCUT2D eigenvalue weighted by molar-refractivity contribution is 6.08. The summed E-state index contributed by atoms with van der Waals surface area (Å²) in [6.45, 7) is 0. The van der Waals surface area contributed by atoms with E-state index in [-0.39, 0.29) is 6.04 Å². The number of para-hydroxylation sites is 1. The first kappa shape index (κ1) is 16.0. The monoisotopic (exact) mass is 361 g/mol. The van der Waals surface area contributed by atoms with Gasteiger partial charge in [0.1, 0.15) is 0 Å². The normalized spacial score (nSPS) is 16.7. The number of nitrogens with zero attached hydrogens (tertiary/aromatic N) is 2. The molecule has 0 radical (unpaired) electrons. The van der Waals surface area contributed by atoms with Gasteiger partial charge in [0.05, 0.1) is 11.8 Å². The van der Waals surface area contributed by atoms with Crippen LogP contribution in [-0.2, 0) is 7.05 Å². The van der Waals surface area contributed by atoms with Crippen molar-refractivity contribution in [3.05, 3.63) is 83.4 Å². The van der Waals surface area contributed by atoms with Crippen LogP contribution in [-0.4, -0.2) is 10.3 Å². The number of aryl methyl sites for hydroxylation is 1. The zero-order valence-electron chi connectivity index (χ0n) is 14.7. The molecule has 1 unspecified atom stereocenters. The van der Waals surface area contributed by atoms with E-state index in [1.165, 1.54) is 27.9 Å². The fourth-order valence-electron chi connectivity index (χ4n) is 3.89. The van der Waals surface area contributed by atoms with Crippen LogP contribution in [0.3, 0.4) is 0 Å². The summed E-state index contributed by atoms with van der Waals surface area (Å²) >= 11 is 0. The Kier molecular flexibility index (Phi) is 3.50. The van der Waals surface area contributed by atoms with E-state index in [9.17, 15) is 8.78 Å². The predicted molar refractivity (Wildman–Crippen MR) is 104 cm³/mol. The average molecular weight is 361 g/mol. The fraction of sp³-hybridized carbons (Fsp3) is 0.136. The van der Waals surface area contributed by atoms with Crippen LogP contribution in [0.2, 0.25) is 0 Å². The maximum Gasteiger partial charge on any atom is 0.159 e. The summed E-state index contributed by atoms with van der Waals surface area (Å²) in [7, 11) is 2.07.